The average Bonchev–Trinajstić information content (AvgIpc) is 2.65. The molecule has 6 heteroatoms. The van der Waals surface area contributed by atoms with Crippen LogP contribution in [-0.2, 0) is 0 Å². The van der Waals surface area contributed by atoms with Gasteiger partial charge in [-0.05, 0) is 41.6 Å². The van der Waals surface area contributed by atoms with Crippen molar-refractivity contribution in [3.63, 3.8) is 0 Å². The topological polar surface area (TPSA) is 62.2 Å². The Balaban J connectivity index is 1.87. The monoisotopic (exact) mass is 304 g/mol. The van der Waals surface area contributed by atoms with Crippen molar-refractivity contribution in [3.05, 3.63) is 15.0 Å². The highest BCUT2D eigenvalue weighted by Crippen LogP contribution is 2.36. The normalized spacial score (nSPS) is 25.3. The van der Waals surface area contributed by atoms with Gasteiger partial charge in [-0.15, -0.1) is 11.3 Å². The van der Waals surface area contributed by atoms with Crippen LogP contribution in [0.3, 0.4) is 0 Å². The van der Waals surface area contributed by atoms with Crippen LogP contribution in [0.15, 0.2) is 9.98 Å². The van der Waals surface area contributed by atoms with Crippen LogP contribution in [0.2, 0.25) is 0 Å². The summed E-state index contributed by atoms with van der Waals surface area (Å²) in [5, 5.41) is 12.3. The third-order valence-electron chi connectivity index (χ3n) is 2.90. The highest BCUT2D eigenvalue weighted by atomic mass is 79.9. The van der Waals surface area contributed by atoms with Crippen molar-refractivity contribution < 1.29 is 9.90 Å². The first-order chi connectivity index (χ1) is 7.65. The third-order valence-corrected chi connectivity index (χ3v) is 4.54. The summed E-state index contributed by atoms with van der Waals surface area (Å²) in [6.07, 6.45) is 4.78. The Morgan fingerprint density at radius 1 is 1.50 bits per heavy atom. The quantitative estimate of drug-likeness (QED) is 0.882. The minimum absolute atomic E-state index is 0.122. The second-order valence-corrected chi connectivity index (χ2v) is 6.44. The molecule has 1 aliphatic carbocycles. The third kappa shape index (κ3) is 2.95. The van der Waals surface area contributed by atoms with Crippen LogP contribution in [0.1, 0.15) is 36.6 Å². The second kappa shape index (κ2) is 5.14. The minimum Gasteiger partial charge on any atom is -0.465 e. The molecular formula is C10H13BrN2O2S. The number of hydrogen-bond donors (Lipinski definition) is 2. The van der Waals surface area contributed by atoms with Gasteiger partial charge in [0, 0.05) is 12.0 Å². The van der Waals surface area contributed by atoms with Crippen LogP contribution in [0.4, 0.5) is 4.79 Å². The van der Waals surface area contributed by atoms with E-state index in [0.717, 1.165) is 29.5 Å². The highest BCUT2D eigenvalue weighted by Gasteiger charge is 2.25. The number of thiazole rings is 1. The number of amides is 1. The smallest absolute Gasteiger partial charge is 0.404 e. The summed E-state index contributed by atoms with van der Waals surface area (Å²) in [6.45, 7) is 0. The molecule has 2 N–H and O–H groups in total. The van der Waals surface area contributed by atoms with Crippen molar-refractivity contribution in [1.82, 2.24) is 10.3 Å². The first-order valence-electron chi connectivity index (χ1n) is 5.26. The summed E-state index contributed by atoms with van der Waals surface area (Å²) in [4.78, 5) is 14.9. The Labute approximate surface area is 106 Å². The lowest BCUT2D eigenvalue weighted by Gasteiger charge is -2.26. The van der Waals surface area contributed by atoms with Gasteiger partial charge in [0.1, 0.15) is 0 Å². The van der Waals surface area contributed by atoms with Crippen LogP contribution < -0.4 is 5.32 Å². The summed E-state index contributed by atoms with van der Waals surface area (Å²) in [5.41, 5.74) is 0. The summed E-state index contributed by atoms with van der Waals surface area (Å²) < 4.78 is 1.06. The van der Waals surface area contributed by atoms with Gasteiger partial charge in [0.2, 0.25) is 0 Å². The Morgan fingerprint density at radius 3 is 2.69 bits per heavy atom. The minimum atomic E-state index is -0.916. The number of nitrogens with one attached hydrogen (secondary N) is 1. The van der Waals surface area contributed by atoms with Gasteiger partial charge in [-0.1, -0.05) is 0 Å². The van der Waals surface area contributed by atoms with Gasteiger partial charge < -0.3 is 10.4 Å². The van der Waals surface area contributed by atoms with E-state index in [1.807, 2.05) is 6.20 Å². The first-order valence-corrected chi connectivity index (χ1v) is 6.87. The summed E-state index contributed by atoms with van der Waals surface area (Å²) in [5.74, 6) is 0.503. The molecule has 0 atom stereocenters. The first kappa shape index (κ1) is 11.9. The van der Waals surface area contributed by atoms with Gasteiger partial charge in [0.05, 0.1) is 15.0 Å². The second-order valence-electron chi connectivity index (χ2n) is 4.00. The molecule has 1 aliphatic rings. The van der Waals surface area contributed by atoms with Crippen LogP contribution in [-0.4, -0.2) is 22.2 Å². The molecule has 0 spiro atoms. The standard InChI is InChI=1S/C10H13BrN2O2S/c11-8-5-12-9(16-8)6-1-3-7(4-2-6)13-10(14)15/h5-7,13H,1-4H2,(H,14,15). The Hall–Kier alpha value is -0.620. The fourth-order valence-corrected chi connectivity index (χ4v) is 3.53. The number of rotatable bonds is 2. The van der Waals surface area contributed by atoms with Crippen molar-refractivity contribution in [2.75, 3.05) is 0 Å². The predicted octanol–water partition coefficient (Wildman–Crippen LogP) is 3.20. The van der Waals surface area contributed by atoms with Gasteiger partial charge in [-0.25, -0.2) is 9.78 Å². The summed E-state index contributed by atoms with van der Waals surface area (Å²) >= 11 is 5.09. The maximum Gasteiger partial charge on any atom is 0.404 e. The van der Waals surface area contributed by atoms with E-state index in [9.17, 15) is 4.79 Å². The number of aromatic nitrogens is 1. The molecular weight excluding hydrogens is 292 g/mol. The van der Waals surface area contributed by atoms with E-state index in [1.165, 1.54) is 5.01 Å². The van der Waals surface area contributed by atoms with E-state index in [-0.39, 0.29) is 6.04 Å². The molecule has 16 heavy (non-hydrogen) atoms. The molecule has 0 bridgehead atoms. The molecule has 1 amide bonds. The van der Waals surface area contributed by atoms with E-state index >= 15 is 0 Å². The van der Waals surface area contributed by atoms with E-state index in [0.29, 0.717) is 5.92 Å². The highest BCUT2D eigenvalue weighted by molar-refractivity contribution is 9.11. The van der Waals surface area contributed by atoms with Gasteiger partial charge in [-0.3, -0.25) is 0 Å². The summed E-state index contributed by atoms with van der Waals surface area (Å²) in [6, 6.07) is 0.122. The molecule has 0 unspecified atom stereocenters. The fourth-order valence-electron chi connectivity index (χ4n) is 2.12. The molecule has 1 saturated carbocycles. The van der Waals surface area contributed by atoms with Crippen LogP contribution >= 0.6 is 27.3 Å². The van der Waals surface area contributed by atoms with Gasteiger partial charge >= 0.3 is 6.09 Å². The largest absolute Gasteiger partial charge is 0.465 e. The van der Waals surface area contributed by atoms with Crippen molar-refractivity contribution in [2.24, 2.45) is 0 Å². The molecule has 2 rings (SSSR count). The fraction of sp³-hybridized carbons (Fsp3) is 0.600. The number of nitrogens with zero attached hydrogens (tertiary/aromatic N) is 1. The van der Waals surface area contributed by atoms with E-state index in [1.54, 1.807) is 11.3 Å². The molecule has 0 aromatic carbocycles. The molecule has 0 aliphatic heterocycles. The summed E-state index contributed by atoms with van der Waals surface area (Å²) in [7, 11) is 0. The lowest BCUT2D eigenvalue weighted by molar-refractivity contribution is 0.185. The molecule has 0 saturated heterocycles. The SMILES string of the molecule is O=C(O)NC1CCC(c2ncc(Br)s2)CC1. The molecule has 1 aromatic rings. The molecule has 1 heterocycles. The van der Waals surface area contributed by atoms with Crippen molar-refractivity contribution in [1.29, 1.82) is 0 Å². The van der Waals surface area contributed by atoms with Gasteiger partial charge in [-0.2, -0.15) is 0 Å². The Bertz CT molecular complexity index is 375. The number of carbonyl (C=O) groups is 1. The number of halogens is 1. The molecule has 88 valence electrons. The Morgan fingerprint density at radius 2 is 2.19 bits per heavy atom. The zero-order valence-electron chi connectivity index (χ0n) is 8.65. The average molecular weight is 305 g/mol. The van der Waals surface area contributed by atoms with Gasteiger partial charge in [0.15, 0.2) is 0 Å². The van der Waals surface area contributed by atoms with Crippen molar-refractivity contribution in [3.8, 4) is 0 Å². The van der Waals surface area contributed by atoms with Crippen molar-refractivity contribution in [2.45, 2.75) is 37.6 Å². The molecule has 0 radical (unpaired) electrons. The zero-order valence-corrected chi connectivity index (χ0v) is 11.1. The van der Waals surface area contributed by atoms with Crippen LogP contribution in [0, 0.1) is 0 Å². The Kier molecular flexibility index (Phi) is 3.81. The number of hydrogen-bond acceptors (Lipinski definition) is 3. The van der Waals surface area contributed by atoms with E-state index < -0.39 is 6.09 Å². The lowest BCUT2D eigenvalue weighted by atomic mass is 9.86. The maximum atomic E-state index is 10.5. The van der Waals surface area contributed by atoms with E-state index in [4.69, 9.17) is 5.11 Å². The molecule has 1 fully saturated rings. The molecule has 1 aromatic heterocycles. The molecule has 4 nitrogen and oxygen atoms in total. The van der Waals surface area contributed by atoms with Crippen LogP contribution in [0.25, 0.3) is 0 Å². The lowest BCUT2D eigenvalue weighted by Crippen LogP contribution is -2.36. The zero-order chi connectivity index (χ0) is 11.5. The van der Waals surface area contributed by atoms with Gasteiger partial charge in [0.25, 0.3) is 0 Å². The predicted molar refractivity (Wildman–Crippen MR) is 66.0 cm³/mol. The number of carboxylic acid groups (broad SMARTS) is 1. The van der Waals surface area contributed by atoms with E-state index in [2.05, 4.69) is 26.2 Å². The van der Waals surface area contributed by atoms with Crippen molar-refractivity contribution >= 4 is 33.4 Å². The van der Waals surface area contributed by atoms with Crippen LogP contribution in [0.5, 0.6) is 0 Å². The maximum absolute atomic E-state index is 10.5.